The third kappa shape index (κ3) is 4.78. The Morgan fingerprint density at radius 2 is 1.69 bits per heavy atom. The second-order valence-corrected chi connectivity index (χ2v) is 7.62. The molecule has 0 aliphatic heterocycles. The Balaban J connectivity index is 2.17. The van der Waals surface area contributed by atoms with E-state index < -0.39 is 33.3 Å². The van der Waals surface area contributed by atoms with Gasteiger partial charge in [-0.25, -0.2) is 17.2 Å². The second-order valence-electron chi connectivity index (χ2n) is 5.71. The molecule has 0 spiro atoms. The van der Waals surface area contributed by atoms with Gasteiger partial charge in [0.25, 0.3) is 0 Å². The minimum atomic E-state index is -3.63. The van der Waals surface area contributed by atoms with Gasteiger partial charge in [-0.15, -0.1) is 0 Å². The number of carbonyl (C=O) groups excluding carboxylic acids is 1. The lowest BCUT2D eigenvalue weighted by molar-refractivity contribution is -0.116. The zero-order chi connectivity index (χ0) is 19.3. The van der Waals surface area contributed by atoms with Crippen molar-refractivity contribution in [2.75, 3.05) is 22.4 Å². The molecule has 0 saturated carbocycles. The topological polar surface area (TPSA) is 66.5 Å². The van der Waals surface area contributed by atoms with Crippen molar-refractivity contribution >= 4 is 27.3 Å². The van der Waals surface area contributed by atoms with E-state index in [9.17, 15) is 22.0 Å². The van der Waals surface area contributed by atoms with E-state index in [0.29, 0.717) is 12.1 Å². The van der Waals surface area contributed by atoms with Gasteiger partial charge in [0.15, 0.2) is 0 Å². The standard InChI is InChI=1S/C18H20F2N2O3S/c1-3-13-7-4-5-10-16(13)22(26(2,24)25)12-11-17(23)21-18-14(19)8-6-9-15(18)20/h4-10H,3,11-12H2,1-2H3,(H,21,23). The average molecular weight is 382 g/mol. The molecule has 2 aromatic carbocycles. The van der Waals surface area contributed by atoms with E-state index in [1.54, 1.807) is 18.2 Å². The first-order valence-corrected chi connectivity index (χ1v) is 9.88. The number of nitrogens with one attached hydrogen (secondary N) is 1. The van der Waals surface area contributed by atoms with Gasteiger partial charge >= 0.3 is 0 Å². The van der Waals surface area contributed by atoms with E-state index >= 15 is 0 Å². The average Bonchev–Trinajstić information content (AvgIpc) is 2.57. The lowest BCUT2D eigenvalue weighted by Crippen LogP contribution is -2.33. The molecular formula is C18H20F2N2O3S. The van der Waals surface area contributed by atoms with Crippen molar-refractivity contribution in [2.24, 2.45) is 0 Å². The number of amides is 1. The van der Waals surface area contributed by atoms with Crippen LogP contribution in [0.2, 0.25) is 0 Å². The first kappa shape index (κ1) is 19.8. The quantitative estimate of drug-likeness (QED) is 0.799. The summed E-state index contributed by atoms with van der Waals surface area (Å²) in [5.41, 5.74) is 0.762. The van der Waals surface area contributed by atoms with Crippen LogP contribution >= 0.6 is 0 Å². The molecule has 0 saturated heterocycles. The first-order chi connectivity index (χ1) is 12.2. The molecule has 2 aromatic rings. The number of rotatable bonds is 7. The van der Waals surface area contributed by atoms with Gasteiger partial charge in [0, 0.05) is 13.0 Å². The molecule has 0 aliphatic rings. The number of carbonyl (C=O) groups is 1. The molecule has 0 aromatic heterocycles. The summed E-state index contributed by atoms with van der Waals surface area (Å²) in [6, 6.07) is 10.2. The minimum absolute atomic E-state index is 0.141. The molecular weight excluding hydrogens is 362 g/mol. The summed E-state index contributed by atoms with van der Waals surface area (Å²) in [4.78, 5) is 12.1. The molecule has 1 N–H and O–H groups in total. The van der Waals surface area contributed by atoms with Crippen molar-refractivity contribution in [3.63, 3.8) is 0 Å². The van der Waals surface area contributed by atoms with Crippen LogP contribution in [0.1, 0.15) is 18.9 Å². The van der Waals surface area contributed by atoms with Crippen LogP contribution in [-0.2, 0) is 21.2 Å². The second kappa shape index (κ2) is 8.27. The Morgan fingerprint density at radius 1 is 1.08 bits per heavy atom. The minimum Gasteiger partial charge on any atom is -0.321 e. The maximum Gasteiger partial charge on any atom is 0.232 e. The predicted molar refractivity (Wildman–Crippen MR) is 97.6 cm³/mol. The van der Waals surface area contributed by atoms with Crippen molar-refractivity contribution in [3.05, 3.63) is 59.7 Å². The fourth-order valence-electron chi connectivity index (χ4n) is 2.54. The van der Waals surface area contributed by atoms with E-state index in [1.807, 2.05) is 13.0 Å². The van der Waals surface area contributed by atoms with Gasteiger partial charge in [-0.2, -0.15) is 0 Å². The fourth-order valence-corrected chi connectivity index (χ4v) is 3.50. The Labute approximate surface area is 151 Å². The third-order valence-electron chi connectivity index (χ3n) is 3.81. The summed E-state index contributed by atoms with van der Waals surface area (Å²) in [6.45, 7) is 1.75. The van der Waals surface area contributed by atoms with E-state index in [2.05, 4.69) is 5.32 Å². The van der Waals surface area contributed by atoms with Gasteiger partial charge in [-0.05, 0) is 30.2 Å². The van der Waals surface area contributed by atoms with Crippen LogP contribution in [0.15, 0.2) is 42.5 Å². The van der Waals surface area contributed by atoms with Gasteiger partial charge < -0.3 is 5.32 Å². The van der Waals surface area contributed by atoms with Crippen LogP contribution in [-0.4, -0.2) is 27.1 Å². The molecule has 8 heteroatoms. The molecule has 140 valence electrons. The molecule has 0 aliphatic carbocycles. The number of hydrogen-bond acceptors (Lipinski definition) is 3. The zero-order valence-electron chi connectivity index (χ0n) is 14.5. The van der Waals surface area contributed by atoms with Crippen LogP contribution in [0.25, 0.3) is 0 Å². The fraction of sp³-hybridized carbons (Fsp3) is 0.278. The number of nitrogens with zero attached hydrogens (tertiary/aromatic N) is 1. The van der Waals surface area contributed by atoms with Crippen LogP contribution in [0.5, 0.6) is 0 Å². The van der Waals surface area contributed by atoms with Gasteiger partial charge in [-0.1, -0.05) is 31.2 Å². The molecule has 0 bridgehead atoms. The van der Waals surface area contributed by atoms with E-state index in [1.165, 1.54) is 6.07 Å². The molecule has 0 heterocycles. The summed E-state index contributed by atoms with van der Waals surface area (Å²) < 4.78 is 52.6. The molecule has 0 fully saturated rings. The van der Waals surface area contributed by atoms with Crippen LogP contribution in [0, 0.1) is 11.6 Å². The lowest BCUT2D eigenvalue weighted by Gasteiger charge is -2.24. The van der Waals surface area contributed by atoms with Gasteiger partial charge in [0.1, 0.15) is 17.3 Å². The van der Waals surface area contributed by atoms with Crippen molar-refractivity contribution < 1.29 is 22.0 Å². The summed E-state index contributed by atoms with van der Waals surface area (Å²) >= 11 is 0. The van der Waals surface area contributed by atoms with Gasteiger partial charge in [0.05, 0.1) is 11.9 Å². The van der Waals surface area contributed by atoms with E-state index in [4.69, 9.17) is 0 Å². The number of halogens is 2. The summed E-state index contributed by atoms with van der Waals surface area (Å²) in [5, 5.41) is 2.15. The smallest absolute Gasteiger partial charge is 0.232 e. The molecule has 5 nitrogen and oxygen atoms in total. The molecule has 1 amide bonds. The number of anilines is 2. The Morgan fingerprint density at radius 3 is 2.27 bits per heavy atom. The molecule has 0 radical (unpaired) electrons. The maximum absolute atomic E-state index is 13.6. The Kier molecular flexibility index (Phi) is 6.31. The van der Waals surface area contributed by atoms with Gasteiger partial charge in [-0.3, -0.25) is 9.10 Å². The summed E-state index contributed by atoms with van der Waals surface area (Å²) in [5.74, 6) is -2.47. The summed E-state index contributed by atoms with van der Waals surface area (Å²) in [7, 11) is -3.63. The molecule has 0 unspecified atom stereocenters. The lowest BCUT2D eigenvalue weighted by atomic mass is 10.1. The van der Waals surface area contributed by atoms with Gasteiger partial charge in [0.2, 0.25) is 15.9 Å². The highest BCUT2D eigenvalue weighted by molar-refractivity contribution is 7.92. The van der Waals surface area contributed by atoms with E-state index in [0.717, 1.165) is 28.3 Å². The third-order valence-corrected chi connectivity index (χ3v) is 4.99. The number of para-hydroxylation sites is 2. The number of benzene rings is 2. The summed E-state index contributed by atoms with van der Waals surface area (Å²) in [6.07, 6.45) is 1.42. The van der Waals surface area contributed by atoms with E-state index in [-0.39, 0.29) is 13.0 Å². The van der Waals surface area contributed by atoms with Crippen molar-refractivity contribution in [3.8, 4) is 0 Å². The SMILES string of the molecule is CCc1ccccc1N(CCC(=O)Nc1c(F)cccc1F)S(C)(=O)=O. The molecule has 0 atom stereocenters. The van der Waals surface area contributed by atoms with Crippen LogP contribution in [0.4, 0.5) is 20.2 Å². The molecule has 2 rings (SSSR count). The Bertz CT molecular complexity index is 881. The Hall–Kier alpha value is -2.48. The first-order valence-electron chi connectivity index (χ1n) is 8.03. The predicted octanol–water partition coefficient (Wildman–Crippen LogP) is 3.32. The highest BCUT2D eigenvalue weighted by Crippen LogP contribution is 2.24. The number of aryl methyl sites for hydroxylation is 1. The number of sulfonamides is 1. The normalized spacial score (nSPS) is 11.2. The highest BCUT2D eigenvalue weighted by Gasteiger charge is 2.21. The monoisotopic (exact) mass is 382 g/mol. The largest absolute Gasteiger partial charge is 0.321 e. The van der Waals surface area contributed by atoms with Crippen molar-refractivity contribution in [1.82, 2.24) is 0 Å². The molecule has 26 heavy (non-hydrogen) atoms. The van der Waals surface area contributed by atoms with Crippen molar-refractivity contribution in [2.45, 2.75) is 19.8 Å². The number of hydrogen-bond donors (Lipinski definition) is 1. The maximum atomic E-state index is 13.6. The van der Waals surface area contributed by atoms with Crippen LogP contribution in [0.3, 0.4) is 0 Å². The van der Waals surface area contributed by atoms with Crippen LogP contribution < -0.4 is 9.62 Å². The zero-order valence-corrected chi connectivity index (χ0v) is 15.3. The highest BCUT2D eigenvalue weighted by atomic mass is 32.2. The van der Waals surface area contributed by atoms with Crippen molar-refractivity contribution in [1.29, 1.82) is 0 Å².